The Balaban J connectivity index is 2.07. The second-order valence-corrected chi connectivity index (χ2v) is 6.35. The van der Waals surface area contributed by atoms with Crippen molar-refractivity contribution >= 4 is 29.2 Å². The summed E-state index contributed by atoms with van der Waals surface area (Å²) in [5, 5.41) is 15.3. The third kappa shape index (κ3) is 3.22. The number of carbonyl (C=O) groups is 3. The lowest BCUT2D eigenvalue weighted by Gasteiger charge is -2.44. The standard InChI is InChI=1S/C16H18N4O7/c1-26-12(27-2)7-19-8-16(13(21)17-15(23)18-14(16)22)6-9-5-10(20(24)25)3-4-11(9)19/h3-5,12H,6-8H2,1-2H3,(H2,17,18,21,22,23). The maximum atomic E-state index is 12.6. The van der Waals surface area contributed by atoms with Gasteiger partial charge in [-0.25, -0.2) is 4.79 Å². The van der Waals surface area contributed by atoms with Crippen molar-refractivity contribution in [2.45, 2.75) is 12.7 Å². The predicted octanol–water partition coefficient (Wildman–Crippen LogP) is -0.0714. The molecule has 1 aromatic rings. The SMILES string of the molecule is COC(CN1CC2(Cc3cc([N+](=O)[O-])ccc31)C(=O)NC(=O)NC2=O)OC. The molecule has 1 fully saturated rings. The Bertz CT molecular complexity index is 801. The van der Waals surface area contributed by atoms with Gasteiger partial charge in [0.2, 0.25) is 11.8 Å². The van der Waals surface area contributed by atoms with Gasteiger partial charge in [0.25, 0.3) is 5.69 Å². The molecular formula is C16H18N4O7. The maximum Gasteiger partial charge on any atom is 0.328 e. The topological polar surface area (TPSA) is 140 Å². The Morgan fingerprint density at radius 2 is 1.85 bits per heavy atom. The van der Waals surface area contributed by atoms with E-state index in [-0.39, 0.29) is 25.2 Å². The van der Waals surface area contributed by atoms with Crippen LogP contribution in [-0.2, 0) is 25.5 Å². The number of hydrogen-bond acceptors (Lipinski definition) is 8. The lowest BCUT2D eigenvalue weighted by atomic mass is 9.75. The zero-order valence-corrected chi connectivity index (χ0v) is 14.7. The number of amides is 4. The van der Waals surface area contributed by atoms with Crippen LogP contribution in [0.15, 0.2) is 18.2 Å². The quantitative estimate of drug-likeness (QED) is 0.314. The summed E-state index contributed by atoms with van der Waals surface area (Å²) in [4.78, 5) is 48.9. The average molecular weight is 378 g/mol. The summed E-state index contributed by atoms with van der Waals surface area (Å²) < 4.78 is 10.4. The first-order valence-corrected chi connectivity index (χ1v) is 8.05. The van der Waals surface area contributed by atoms with E-state index in [1.165, 1.54) is 26.4 Å². The number of nitrogens with one attached hydrogen (secondary N) is 2. The summed E-state index contributed by atoms with van der Waals surface area (Å²) in [5.74, 6) is -1.49. The van der Waals surface area contributed by atoms with Crippen molar-refractivity contribution in [3.63, 3.8) is 0 Å². The minimum Gasteiger partial charge on any atom is -0.365 e. The lowest BCUT2D eigenvalue weighted by Crippen LogP contribution is -2.67. The van der Waals surface area contributed by atoms with Gasteiger partial charge in [-0.2, -0.15) is 0 Å². The minimum atomic E-state index is -1.60. The zero-order chi connectivity index (χ0) is 19.8. The number of carbonyl (C=O) groups excluding carboxylic acids is 3. The number of fused-ring (bicyclic) bond motifs is 1. The molecule has 2 aliphatic rings. The molecule has 1 aromatic carbocycles. The van der Waals surface area contributed by atoms with Gasteiger partial charge in [0.15, 0.2) is 6.29 Å². The number of nitrogens with zero attached hydrogens (tertiary/aromatic N) is 2. The first-order valence-electron chi connectivity index (χ1n) is 8.05. The molecule has 0 radical (unpaired) electrons. The molecular weight excluding hydrogens is 360 g/mol. The number of hydrogen-bond donors (Lipinski definition) is 2. The summed E-state index contributed by atoms with van der Waals surface area (Å²) in [6, 6.07) is 3.35. The molecule has 144 valence electrons. The largest absolute Gasteiger partial charge is 0.365 e. The van der Waals surface area contributed by atoms with Crippen molar-refractivity contribution in [1.29, 1.82) is 0 Å². The van der Waals surface area contributed by atoms with Gasteiger partial charge in [0.1, 0.15) is 5.41 Å². The van der Waals surface area contributed by atoms with Gasteiger partial charge in [-0.05, 0) is 18.1 Å². The van der Waals surface area contributed by atoms with E-state index in [0.29, 0.717) is 11.3 Å². The number of imide groups is 2. The number of ether oxygens (including phenoxy) is 2. The summed E-state index contributed by atoms with van der Waals surface area (Å²) >= 11 is 0. The maximum absolute atomic E-state index is 12.6. The van der Waals surface area contributed by atoms with E-state index >= 15 is 0 Å². The number of anilines is 1. The second-order valence-electron chi connectivity index (χ2n) is 6.35. The number of nitro groups is 1. The molecule has 1 spiro atoms. The van der Waals surface area contributed by atoms with E-state index in [0.717, 1.165) is 0 Å². The molecule has 0 unspecified atom stereocenters. The van der Waals surface area contributed by atoms with Gasteiger partial charge < -0.3 is 14.4 Å². The lowest BCUT2D eigenvalue weighted by molar-refractivity contribution is -0.384. The number of rotatable bonds is 5. The number of non-ortho nitro benzene ring substituents is 1. The van der Waals surface area contributed by atoms with Crippen LogP contribution in [-0.4, -0.2) is 56.4 Å². The molecule has 2 N–H and O–H groups in total. The molecule has 27 heavy (non-hydrogen) atoms. The number of benzene rings is 1. The van der Waals surface area contributed by atoms with Gasteiger partial charge in [-0.3, -0.25) is 30.3 Å². The Morgan fingerprint density at radius 3 is 2.41 bits per heavy atom. The van der Waals surface area contributed by atoms with E-state index in [2.05, 4.69) is 10.6 Å². The molecule has 3 rings (SSSR count). The van der Waals surface area contributed by atoms with Crippen molar-refractivity contribution in [3.05, 3.63) is 33.9 Å². The Hall–Kier alpha value is -3.05. The number of barbiturate groups is 1. The van der Waals surface area contributed by atoms with E-state index in [1.54, 1.807) is 11.0 Å². The second kappa shape index (κ2) is 6.93. The van der Waals surface area contributed by atoms with Gasteiger partial charge in [0.05, 0.1) is 11.5 Å². The molecule has 0 bridgehead atoms. The highest BCUT2D eigenvalue weighted by Gasteiger charge is 2.54. The van der Waals surface area contributed by atoms with Gasteiger partial charge in [0, 0.05) is 38.6 Å². The van der Waals surface area contributed by atoms with Crippen LogP contribution in [0.5, 0.6) is 0 Å². The fourth-order valence-electron chi connectivity index (χ4n) is 3.40. The van der Waals surface area contributed by atoms with Gasteiger partial charge in [-0.15, -0.1) is 0 Å². The van der Waals surface area contributed by atoms with Crippen molar-refractivity contribution in [2.24, 2.45) is 5.41 Å². The normalized spacial score (nSPS) is 18.3. The van der Waals surface area contributed by atoms with Crippen LogP contribution in [0.25, 0.3) is 0 Å². The Kier molecular flexibility index (Phi) is 4.81. The fraction of sp³-hybridized carbons (Fsp3) is 0.438. The van der Waals surface area contributed by atoms with Crippen LogP contribution in [0.2, 0.25) is 0 Å². The van der Waals surface area contributed by atoms with E-state index in [9.17, 15) is 24.5 Å². The van der Waals surface area contributed by atoms with Crippen LogP contribution in [0.4, 0.5) is 16.2 Å². The van der Waals surface area contributed by atoms with Crippen LogP contribution in [0.3, 0.4) is 0 Å². The summed E-state index contributed by atoms with van der Waals surface area (Å²) in [5.41, 5.74) is -0.681. The van der Waals surface area contributed by atoms with Crippen molar-refractivity contribution in [3.8, 4) is 0 Å². The Morgan fingerprint density at radius 1 is 1.22 bits per heavy atom. The molecule has 0 atom stereocenters. The van der Waals surface area contributed by atoms with Crippen molar-refractivity contribution in [1.82, 2.24) is 10.6 Å². The van der Waals surface area contributed by atoms with Crippen molar-refractivity contribution < 1.29 is 28.8 Å². The molecule has 0 saturated carbocycles. The third-order valence-corrected chi connectivity index (χ3v) is 4.79. The van der Waals surface area contributed by atoms with E-state index in [4.69, 9.17) is 9.47 Å². The van der Waals surface area contributed by atoms with E-state index < -0.39 is 34.5 Å². The number of urea groups is 1. The predicted molar refractivity (Wildman–Crippen MR) is 90.9 cm³/mol. The molecule has 1 saturated heterocycles. The highest BCUT2D eigenvalue weighted by Crippen LogP contribution is 2.40. The van der Waals surface area contributed by atoms with Crippen molar-refractivity contribution in [2.75, 3.05) is 32.2 Å². The average Bonchev–Trinajstić information content (AvgIpc) is 2.63. The van der Waals surface area contributed by atoms with Gasteiger partial charge >= 0.3 is 6.03 Å². The molecule has 11 heteroatoms. The molecule has 2 heterocycles. The zero-order valence-electron chi connectivity index (χ0n) is 14.7. The molecule has 4 amide bonds. The van der Waals surface area contributed by atoms with Crippen LogP contribution in [0, 0.1) is 15.5 Å². The molecule has 0 aromatic heterocycles. The van der Waals surface area contributed by atoms with Crippen LogP contribution >= 0.6 is 0 Å². The van der Waals surface area contributed by atoms with Gasteiger partial charge in [-0.1, -0.05) is 0 Å². The summed E-state index contributed by atoms with van der Waals surface area (Å²) in [6.45, 7) is 0.139. The number of methoxy groups -OCH3 is 2. The highest BCUT2D eigenvalue weighted by molar-refractivity contribution is 6.20. The summed E-state index contributed by atoms with van der Waals surface area (Å²) in [7, 11) is 2.90. The molecule has 11 nitrogen and oxygen atoms in total. The fourth-order valence-corrected chi connectivity index (χ4v) is 3.40. The monoisotopic (exact) mass is 378 g/mol. The first kappa shape index (κ1) is 18.7. The smallest absolute Gasteiger partial charge is 0.328 e. The minimum absolute atomic E-state index is 0.0357. The third-order valence-electron chi connectivity index (χ3n) is 4.79. The molecule has 0 aliphatic carbocycles. The molecule has 2 aliphatic heterocycles. The van der Waals surface area contributed by atoms with Crippen LogP contribution < -0.4 is 15.5 Å². The Labute approximate surface area is 153 Å². The van der Waals surface area contributed by atoms with Crippen LogP contribution in [0.1, 0.15) is 5.56 Å². The van der Waals surface area contributed by atoms with E-state index in [1.807, 2.05) is 0 Å². The number of nitro benzene ring substituents is 1. The summed E-state index contributed by atoms with van der Waals surface area (Å²) in [6.07, 6.45) is -0.727. The highest BCUT2D eigenvalue weighted by atomic mass is 16.7. The first-order chi connectivity index (χ1) is 12.8.